The molecule has 0 aliphatic rings. The zero-order valence-electron chi connectivity index (χ0n) is 11.6. The molecule has 0 atom stereocenters. The number of carboxylic acids is 1. The number of carbonyl (C=O) groups is 1. The monoisotopic (exact) mass is 315 g/mol. The van der Waals surface area contributed by atoms with Crippen molar-refractivity contribution in [2.45, 2.75) is 6.54 Å². The lowest BCUT2D eigenvalue weighted by molar-refractivity contribution is 0.0692. The van der Waals surface area contributed by atoms with Gasteiger partial charge in [-0.2, -0.15) is 0 Å². The first-order chi connectivity index (χ1) is 10.7. The second kappa shape index (κ2) is 6.03. The van der Waals surface area contributed by atoms with Crippen LogP contribution in [0.2, 0.25) is 0 Å². The third-order valence-electron chi connectivity index (χ3n) is 3.29. The normalized spacial score (nSPS) is 10.7. The average molecular weight is 315 g/mol. The lowest BCUT2D eigenvalue weighted by Gasteiger charge is -2.10. The van der Waals surface area contributed by atoms with Crippen LogP contribution >= 0.6 is 11.3 Å². The van der Waals surface area contributed by atoms with E-state index in [2.05, 4.69) is 0 Å². The van der Waals surface area contributed by atoms with Crippen molar-refractivity contribution in [2.24, 2.45) is 0 Å². The molecule has 3 rings (SSSR count). The Hall–Kier alpha value is -2.60. The number of nitrogens with zero attached hydrogens (tertiary/aromatic N) is 1. The van der Waals surface area contributed by atoms with Crippen molar-refractivity contribution in [1.29, 1.82) is 0 Å². The molecule has 2 heterocycles. The van der Waals surface area contributed by atoms with Crippen LogP contribution in [0.4, 0.5) is 0 Å². The Kier molecular flexibility index (Phi) is 3.93. The van der Waals surface area contributed by atoms with Gasteiger partial charge in [0.15, 0.2) is 0 Å². The Morgan fingerprint density at radius 1 is 1.23 bits per heavy atom. The van der Waals surface area contributed by atoms with E-state index in [1.54, 1.807) is 29.0 Å². The van der Waals surface area contributed by atoms with E-state index in [1.807, 2.05) is 17.5 Å². The maximum absolute atomic E-state index is 12.2. The molecule has 1 N–H and O–H groups in total. The van der Waals surface area contributed by atoms with Gasteiger partial charge in [-0.3, -0.25) is 4.79 Å². The highest BCUT2D eigenvalue weighted by atomic mass is 32.1. The number of hydrogen-bond donors (Lipinski definition) is 1. The van der Waals surface area contributed by atoms with E-state index in [0.29, 0.717) is 17.0 Å². The standard InChI is InChI=1S/C16H13NO4S/c18-15-14-11(6-10-22-14)5-7-17(15)8-9-21-13-4-2-1-3-12(13)16(19)20/h1-7,10H,8-9H2,(H,19,20). The number of hydrogen-bond acceptors (Lipinski definition) is 4. The van der Waals surface area contributed by atoms with Crippen molar-refractivity contribution in [2.75, 3.05) is 6.61 Å². The van der Waals surface area contributed by atoms with Crippen molar-refractivity contribution in [3.63, 3.8) is 0 Å². The van der Waals surface area contributed by atoms with Crippen LogP contribution in [0.15, 0.2) is 52.8 Å². The van der Waals surface area contributed by atoms with Crippen LogP contribution in [-0.2, 0) is 6.54 Å². The van der Waals surface area contributed by atoms with Crippen LogP contribution in [0.25, 0.3) is 10.1 Å². The van der Waals surface area contributed by atoms with Crippen molar-refractivity contribution in [3.05, 3.63) is 63.9 Å². The largest absolute Gasteiger partial charge is 0.491 e. The molecule has 0 fully saturated rings. The number of benzene rings is 1. The summed E-state index contributed by atoms with van der Waals surface area (Å²) < 4.78 is 7.80. The summed E-state index contributed by atoms with van der Waals surface area (Å²) >= 11 is 1.41. The van der Waals surface area contributed by atoms with Gasteiger partial charge in [-0.25, -0.2) is 4.79 Å². The Morgan fingerprint density at radius 3 is 2.86 bits per heavy atom. The molecule has 6 heteroatoms. The van der Waals surface area contributed by atoms with Crippen LogP contribution in [0.1, 0.15) is 10.4 Å². The number of carboxylic acid groups (broad SMARTS) is 1. The first kappa shape index (κ1) is 14.3. The smallest absolute Gasteiger partial charge is 0.339 e. The number of aromatic nitrogens is 1. The Bertz CT molecular complexity index is 881. The molecule has 0 aliphatic carbocycles. The number of fused-ring (bicyclic) bond motifs is 1. The third-order valence-corrected chi connectivity index (χ3v) is 4.21. The van der Waals surface area contributed by atoms with E-state index in [4.69, 9.17) is 9.84 Å². The Labute approximate surface area is 130 Å². The van der Waals surface area contributed by atoms with Gasteiger partial charge in [0.05, 0.1) is 11.2 Å². The van der Waals surface area contributed by atoms with Crippen molar-refractivity contribution >= 4 is 27.4 Å². The lowest BCUT2D eigenvalue weighted by Crippen LogP contribution is -2.22. The van der Waals surface area contributed by atoms with Gasteiger partial charge in [-0.1, -0.05) is 12.1 Å². The summed E-state index contributed by atoms with van der Waals surface area (Å²) in [5.41, 5.74) is 0.0613. The van der Waals surface area contributed by atoms with Gasteiger partial charge in [0.2, 0.25) is 0 Å². The van der Waals surface area contributed by atoms with Crippen LogP contribution in [-0.4, -0.2) is 22.2 Å². The van der Waals surface area contributed by atoms with Crippen LogP contribution in [0.5, 0.6) is 5.75 Å². The van der Waals surface area contributed by atoms with E-state index < -0.39 is 5.97 Å². The van der Waals surface area contributed by atoms with E-state index in [-0.39, 0.29) is 17.7 Å². The van der Waals surface area contributed by atoms with Crippen LogP contribution in [0, 0.1) is 0 Å². The molecular weight excluding hydrogens is 302 g/mol. The molecule has 1 aromatic carbocycles. The molecule has 0 aliphatic heterocycles. The second-order valence-corrected chi connectivity index (χ2v) is 5.59. The van der Waals surface area contributed by atoms with Gasteiger partial charge in [0.25, 0.3) is 5.56 Å². The minimum atomic E-state index is -1.03. The number of para-hydroxylation sites is 1. The average Bonchev–Trinajstić information content (AvgIpc) is 2.99. The molecule has 3 aromatic rings. The summed E-state index contributed by atoms with van der Waals surface area (Å²) in [5, 5.41) is 11.9. The van der Waals surface area contributed by atoms with Gasteiger partial charge in [-0.05, 0) is 35.0 Å². The van der Waals surface area contributed by atoms with E-state index in [1.165, 1.54) is 17.4 Å². The molecule has 0 radical (unpaired) electrons. The summed E-state index contributed by atoms with van der Waals surface area (Å²) in [6.07, 6.45) is 1.73. The van der Waals surface area contributed by atoms with Gasteiger partial charge in [0, 0.05) is 6.20 Å². The molecule has 112 valence electrons. The highest BCUT2D eigenvalue weighted by Gasteiger charge is 2.10. The first-order valence-corrected chi connectivity index (χ1v) is 7.56. The SMILES string of the molecule is O=C(O)c1ccccc1OCCn1ccc2ccsc2c1=O. The van der Waals surface area contributed by atoms with Gasteiger partial charge in [-0.15, -0.1) is 11.3 Å². The Balaban J connectivity index is 1.74. The number of thiophene rings is 1. The zero-order chi connectivity index (χ0) is 15.5. The van der Waals surface area contributed by atoms with Gasteiger partial charge < -0.3 is 14.4 Å². The highest BCUT2D eigenvalue weighted by molar-refractivity contribution is 7.17. The van der Waals surface area contributed by atoms with E-state index >= 15 is 0 Å². The fourth-order valence-electron chi connectivity index (χ4n) is 2.19. The number of ether oxygens (including phenoxy) is 1. The fourth-order valence-corrected chi connectivity index (χ4v) is 3.03. The molecule has 0 saturated heterocycles. The maximum atomic E-state index is 12.2. The molecule has 2 aromatic heterocycles. The zero-order valence-corrected chi connectivity index (χ0v) is 12.4. The minimum Gasteiger partial charge on any atom is -0.491 e. The van der Waals surface area contributed by atoms with Crippen molar-refractivity contribution < 1.29 is 14.6 Å². The topological polar surface area (TPSA) is 68.5 Å². The molecular formula is C16H13NO4S. The molecule has 22 heavy (non-hydrogen) atoms. The number of aromatic carboxylic acids is 1. The molecule has 5 nitrogen and oxygen atoms in total. The van der Waals surface area contributed by atoms with E-state index in [0.717, 1.165) is 5.39 Å². The quantitative estimate of drug-likeness (QED) is 0.786. The van der Waals surface area contributed by atoms with Crippen LogP contribution in [0.3, 0.4) is 0 Å². The van der Waals surface area contributed by atoms with Crippen molar-refractivity contribution in [1.82, 2.24) is 4.57 Å². The Morgan fingerprint density at radius 2 is 2.05 bits per heavy atom. The summed E-state index contributed by atoms with van der Waals surface area (Å²) in [5.74, 6) is -0.729. The van der Waals surface area contributed by atoms with Crippen molar-refractivity contribution in [3.8, 4) is 5.75 Å². The number of rotatable bonds is 5. The predicted octanol–water partition coefficient (Wildman–Crippen LogP) is 2.84. The second-order valence-electron chi connectivity index (χ2n) is 4.67. The summed E-state index contributed by atoms with van der Waals surface area (Å²) in [6, 6.07) is 10.2. The lowest BCUT2D eigenvalue weighted by atomic mass is 10.2. The van der Waals surface area contributed by atoms with Gasteiger partial charge in [0.1, 0.15) is 17.9 Å². The van der Waals surface area contributed by atoms with Gasteiger partial charge >= 0.3 is 5.97 Å². The molecule has 0 spiro atoms. The minimum absolute atomic E-state index is 0.0531. The van der Waals surface area contributed by atoms with Crippen LogP contribution < -0.4 is 10.3 Å². The molecule has 0 amide bonds. The van der Waals surface area contributed by atoms with E-state index in [9.17, 15) is 9.59 Å². The first-order valence-electron chi connectivity index (χ1n) is 6.68. The number of pyridine rings is 1. The molecule has 0 bridgehead atoms. The third kappa shape index (κ3) is 2.73. The predicted molar refractivity (Wildman–Crippen MR) is 85.0 cm³/mol. The maximum Gasteiger partial charge on any atom is 0.339 e. The highest BCUT2D eigenvalue weighted by Crippen LogP contribution is 2.18. The summed E-state index contributed by atoms with van der Waals surface area (Å²) in [4.78, 5) is 23.3. The molecule has 0 unspecified atom stereocenters. The molecule has 0 saturated carbocycles. The summed E-state index contributed by atoms with van der Waals surface area (Å²) in [6.45, 7) is 0.585. The fraction of sp³-hybridized carbons (Fsp3) is 0.125. The summed E-state index contributed by atoms with van der Waals surface area (Å²) in [7, 11) is 0.